The van der Waals surface area contributed by atoms with Crippen molar-refractivity contribution >= 4 is 37.5 Å². The minimum atomic E-state index is -3.62. The Balaban J connectivity index is 1.96. The maximum absolute atomic E-state index is 12.3. The average Bonchev–Trinajstić information content (AvgIpc) is 2.65. The summed E-state index contributed by atoms with van der Waals surface area (Å²) in [5.41, 5.74) is 1.12. The molecule has 0 aliphatic rings. The zero-order valence-electron chi connectivity index (χ0n) is 18.0. The smallest absolute Gasteiger partial charge is 0.262 e. The SMILES string of the molecule is CCC(C)c1ccc(OCC(=O)Nc2ccc(S(=O)(=O)NC(C)(C)C)cc2)c(Br)c1. The van der Waals surface area contributed by atoms with E-state index in [2.05, 4.69) is 39.8 Å². The van der Waals surface area contributed by atoms with Gasteiger partial charge in [0.05, 0.1) is 9.37 Å². The number of hydrogen-bond acceptors (Lipinski definition) is 4. The fraction of sp³-hybridized carbons (Fsp3) is 0.409. The molecule has 0 spiro atoms. The molecule has 6 nitrogen and oxygen atoms in total. The topological polar surface area (TPSA) is 84.5 Å². The van der Waals surface area contributed by atoms with Gasteiger partial charge in [-0.1, -0.05) is 19.9 Å². The zero-order valence-corrected chi connectivity index (χ0v) is 20.4. The number of rotatable bonds is 8. The Morgan fingerprint density at radius 2 is 1.77 bits per heavy atom. The minimum Gasteiger partial charge on any atom is -0.483 e. The van der Waals surface area contributed by atoms with Gasteiger partial charge < -0.3 is 10.1 Å². The lowest BCUT2D eigenvalue weighted by Crippen LogP contribution is -2.40. The zero-order chi connectivity index (χ0) is 22.5. The van der Waals surface area contributed by atoms with E-state index in [1.807, 2.05) is 18.2 Å². The summed E-state index contributed by atoms with van der Waals surface area (Å²) in [6.45, 7) is 9.45. The van der Waals surface area contributed by atoms with Crippen molar-refractivity contribution in [3.05, 3.63) is 52.5 Å². The van der Waals surface area contributed by atoms with Gasteiger partial charge >= 0.3 is 0 Å². The van der Waals surface area contributed by atoms with E-state index in [-0.39, 0.29) is 17.4 Å². The van der Waals surface area contributed by atoms with Crippen molar-refractivity contribution in [2.24, 2.45) is 0 Å². The summed E-state index contributed by atoms with van der Waals surface area (Å²) in [6, 6.07) is 11.9. The van der Waals surface area contributed by atoms with E-state index in [0.29, 0.717) is 17.4 Å². The summed E-state index contributed by atoms with van der Waals surface area (Å²) in [5, 5.41) is 2.70. The van der Waals surface area contributed by atoms with Crippen LogP contribution in [0.3, 0.4) is 0 Å². The first-order valence-corrected chi connectivity index (χ1v) is 12.0. The summed E-state index contributed by atoms with van der Waals surface area (Å²) in [5.74, 6) is 0.701. The lowest BCUT2D eigenvalue weighted by atomic mass is 9.99. The molecule has 0 saturated carbocycles. The molecule has 0 aromatic heterocycles. The molecule has 2 aromatic carbocycles. The highest BCUT2D eigenvalue weighted by molar-refractivity contribution is 9.10. The van der Waals surface area contributed by atoms with Crippen molar-refractivity contribution in [3.8, 4) is 5.75 Å². The van der Waals surface area contributed by atoms with Crippen molar-refractivity contribution in [2.45, 2.75) is 57.4 Å². The average molecular weight is 497 g/mol. The van der Waals surface area contributed by atoms with Crippen LogP contribution in [0.1, 0.15) is 52.5 Å². The first kappa shape index (κ1) is 24.4. The van der Waals surface area contributed by atoms with Crippen LogP contribution < -0.4 is 14.8 Å². The molecule has 0 aliphatic heterocycles. The first-order chi connectivity index (χ1) is 13.9. The summed E-state index contributed by atoms with van der Waals surface area (Å²) in [7, 11) is -3.62. The Morgan fingerprint density at radius 3 is 2.30 bits per heavy atom. The number of ether oxygens (including phenoxy) is 1. The Kier molecular flexibility index (Phi) is 8.07. The molecule has 0 radical (unpaired) electrons. The molecule has 8 heteroatoms. The number of halogens is 1. The molecule has 2 rings (SSSR count). The molecule has 0 aliphatic carbocycles. The summed E-state index contributed by atoms with van der Waals surface area (Å²) in [6.07, 6.45) is 1.04. The Morgan fingerprint density at radius 1 is 1.13 bits per heavy atom. The molecule has 0 fully saturated rings. The number of amides is 1. The molecule has 1 atom stereocenters. The van der Waals surface area contributed by atoms with Gasteiger partial charge in [-0.15, -0.1) is 0 Å². The van der Waals surface area contributed by atoms with Gasteiger partial charge in [-0.25, -0.2) is 13.1 Å². The third-order valence-corrected chi connectivity index (χ3v) is 6.78. The number of sulfonamides is 1. The van der Waals surface area contributed by atoms with Crippen LogP contribution in [0, 0.1) is 0 Å². The van der Waals surface area contributed by atoms with E-state index in [9.17, 15) is 13.2 Å². The maximum Gasteiger partial charge on any atom is 0.262 e. The van der Waals surface area contributed by atoms with Crippen LogP contribution in [-0.2, 0) is 14.8 Å². The molecule has 164 valence electrons. The standard InChI is InChI=1S/C22H29BrN2O4S/c1-6-15(2)16-7-12-20(19(23)13-16)29-14-21(26)24-17-8-10-18(11-9-17)30(27,28)25-22(3,4)5/h7-13,15,25H,6,14H2,1-5H3,(H,24,26). The fourth-order valence-corrected chi connectivity index (χ4v) is 4.63. The van der Waals surface area contributed by atoms with Crippen molar-refractivity contribution in [1.82, 2.24) is 4.72 Å². The minimum absolute atomic E-state index is 0.136. The molecule has 0 heterocycles. The predicted molar refractivity (Wildman–Crippen MR) is 123 cm³/mol. The van der Waals surface area contributed by atoms with Gasteiger partial charge in [0.15, 0.2) is 6.61 Å². The fourth-order valence-electron chi connectivity index (χ4n) is 2.70. The van der Waals surface area contributed by atoms with Crippen LogP contribution in [0.5, 0.6) is 5.75 Å². The van der Waals surface area contributed by atoms with Crippen molar-refractivity contribution in [1.29, 1.82) is 0 Å². The van der Waals surface area contributed by atoms with Crippen LogP contribution in [0.15, 0.2) is 51.8 Å². The monoisotopic (exact) mass is 496 g/mol. The lowest BCUT2D eigenvalue weighted by Gasteiger charge is -2.20. The third-order valence-electron chi connectivity index (χ3n) is 4.39. The number of nitrogens with one attached hydrogen (secondary N) is 2. The Labute approximate surface area is 187 Å². The molecular formula is C22H29BrN2O4S. The molecule has 0 saturated heterocycles. The maximum atomic E-state index is 12.3. The predicted octanol–water partition coefficient (Wildman–Crippen LogP) is 5.06. The van der Waals surface area contributed by atoms with Crippen molar-refractivity contribution < 1.29 is 17.9 Å². The van der Waals surface area contributed by atoms with Gasteiger partial charge in [0.2, 0.25) is 10.0 Å². The van der Waals surface area contributed by atoms with E-state index in [0.717, 1.165) is 10.9 Å². The van der Waals surface area contributed by atoms with Gasteiger partial charge in [-0.3, -0.25) is 4.79 Å². The van der Waals surface area contributed by atoms with E-state index in [4.69, 9.17) is 4.74 Å². The van der Waals surface area contributed by atoms with Gasteiger partial charge in [0.25, 0.3) is 5.91 Å². The molecule has 30 heavy (non-hydrogen) atoms. The van der Waals surface area contributed by atoms with E-state index >= 15 is 0 Å². The molecule has 2 N–H and O–H groups in total. The van der Waals surface area contributed by atoms with Gasteiger partial charge in [-0.2, -0.15) is 0 Å². The van der Waals surface area contributed by atoms with Crippen molar-refractivity contribution in [2.75, 3.05) is 11.9 Å². The van der Waals surface area contributed by atoms with Crippen LogP contribution in [0.4, 0.5) is 5.69 Å². The third kappa shape index (κ3) is 7.11. The number of carbonyl (C=O) groups is 1. The number of benzene rings is 2. The summed E-state index contributed by atoms with van der Waals surface area (Å²) >= 11 is 3.49. The van der Waals surface area contributed by atoms with Crippen molar-refractivity contribution in [3.63, 3.8) is 0 Å². The Hall–Kier alpha value is -1.90. The van der Waals surface area contributed by atoms with Crippen LogP contribution in [0.2, 0.25) is 0 Å². The molecule has 0 bridgehead atoms. The second kappa shape index (κ2) is 9.94. The Bertz CT molecular complexity index is 983. The van der Waals surface area contributed by atoms with Crippen LogP contribution >= 0.6 is 15.9 Å². The quantitative estimate of drug-likeness (QED) is 0.534. The molecular weight excluding hydrogens is 468 g/mol. The largest absolute Gasteiger partial charge is 0.483 e. The number of hydrogen-bond donors (Lipinski definition) is 2. The number of carbonyl (C=O) groups excluding carboxylic acids is 1. The van der Waals surface area contributed by atoms with Gasteiger partial charge in [0, 0.05) is 11.2 Å². The van der Waals surface area contributed by atoms with Gasteiger partial charge in [0.1, 0.15) is 5.75 Å². The molecule has 2 aromatic rings. The van der Waals surface area contributed by atoms with Crippen LogP contribution in [-0.4, -0.2) is 26.5 Å². The van der Waals surface area contributed by atoms with Crippen LogP contribution in [0.25, 0.3) is 0 Å². The second-order valence-electron chi connectivity index (χ2n) is 8.22. The second-order valence-corrected chi connectivity index (χ2v) is 10.8. The highest BCUT2D eigenvalue weighted by Crippen LogP contribution is 2.30. The van der Waals surface area contributed by atoms with E-state index in [1.54, 1.807) is 32.9 Å². The number of anilines is 1. The summed E-state index contributed by atoms with van der Waals surface area (Å²) < 4.78 is 33.7. The van der Waals surface area contributed by atoms with Gasteiger partial charge in [-0.05, 0) is 91.0 Å². The van der Waals surface area contributed by atoms with E-state index < -0.39 is 15.6 Å². The first-order valence-electron chi connectivity index (χ1n) is 9.77. The molecule has 1 amide bonds. The highest BCUT2D eigenvalue weighted by Gasteiger charge is 2.21. The lowest BCUT2D eigenvalue weighted by molar-refractivity contribution is -0.118. The molecule has 1 unspecified atom stereocenters. The van der Waals surface area contributed by atoms with E-state index in [1.165, 1.54) is 17.7 Å². The normalized spacial score (nSPS) is 13.0. The highest BCUT2D eigenvalue weighted by atomic mass is 79.9. The summed E-state index contributed by atoms with van der Waals surface area (Å²) in [4.78, 5) is 12.3.